The van der Waals surface area contributed by atoms with Crippen molar-refractivity contribution in [3.8, 4) is 0 Å². The summed E-state index contributed by atoms with van der Waals surface area (Å²) in [6.07, 6.45) is 1.31. The Hall–Kier alpha value is 0.820. The molecule has 0 aliphatic rings. The minimum absolute atomic E-state index is 0.0133. The summed E-state index contributed by atoms with van der Waals surface area (Å²) in [5.41, 5.74) is 0. The molecule has 0 rings (SSSR count). The summed E-state index contributed by atoms with van der Waals surface area (Å²) in [7, 11) is 0. The van der Waals surface area contributed by atoms with E-state index in [0.717, 1.165) is 0 Å². The number of carbonyl (C=O) groups is 1. The summed E-state index contributed by atoms with van der Waals surface area (Å²) < 4.78 is 3.49. The molecule has 0 aromatic heterocycles. The molecule has 0 bridgehead atoms. The monoisotopic (exact) mass is 324 g/mol. The Bertz CT molecular complexity index is 182. The lowest BCUT2D eigenvalue weighted by atomic mass is 10.2. The van der Waals surface area contributed by atoms with Crippen LogP contribution in [-0.2, 0) is 9.53 Å². The lowest BCUT2D eigenvalue weighted by molar-refractivity contribution is -0.143. The second-order valence-corrected chi connectivity index (χ2v) is 6.57. The Labute approximate surface area is 107 Å². The second kappa shape index (κ2) is 7.15. The summed E-state index contributed by atoms with van der Waals surface area (Å²) in [4.78, 5) is 11.0. The van der Waals surface area contributed by atoms with Gasteiger partial charge in [-0.3, -0.25) is 4.79 Å². The third kappa shape index (κ3) is 9.38. The lowest BCUT2D eigenvalue weighted by Gasteiger charge is -2.15. The predicted molar refractivity (Wildman–Crippen MR) is 63.5 cm³/mol. The number of esters is 1. The van der Waals surface area contributed by atoms with Crippen molar-refractivity contribution in [3.63, 3.8) is 0 Å². The van der Waals surface area contributed by atoms with Gasteiger partial charge in [0.15, 0.2) is 3.79 Å². The van der Waals surface area contributed by atoms with Gasteiger partial charge in [-0.15, -0.1) is 0 Å². The van der Waals surface area contributed by atoms with Crippen LogP contribution in [0.25, 0.3) is 0 Å². The van der Waals surface area contributed by atoms with Gasteiger partial charge in [0.25, 0.3) is 0 Å². The van der Waals surface area contributed by atoms with Crippen molar-refractivity contribution in [2.75, 3.05) is 6.61 Å². The number of halogens is 4. The third-order valence-electron chi connectivity index (χ3n) is 1.42. The van der Waals surface area contributed by atoms with Crippen LogP contribution in [0.2, 0.25) is 0 Å². The third-order valence-corrected chi connectivity index (χ3v) is 2.66. The Balaban J connectivity index is 3.63. The minimum Gasteiger partial charge on any atom is -0.466 e. The van der Waals surface area contributed by atoms with Gasteiger partial charge in [0.1, 0.15) is 0 Å². The van der Waals surface area contributed by atoms with Crippen molar-refractivity contribution < 1.29 is 9.53 Å². The second-order valence-electron chi connectivity index (χ2n) is 2.76. The highest BCUT2D eigenvalue weighted by Crippen LogP contribution is 2.34. The van der Waals surface area contributed by atoms with E-state index >= 15 is 0 Å². The standard InChI is InChI=1S/C8H12BrCl3O2/c1-2-14-7(13)4-3-6(9)5-8(10,11)12/h6H,2-5H2,1H3. The Morgan fingerprint density at radius 3 is 2.50 bits per heavy atom. The molecule has 0 spiro atoms. The highest BCUT2D eigenvalue weighted by Gasteiger charge is 2.24. The van der Waals surface area contributed by atoms with E-state index in [1.165, 1.54) is 0 Å². The van der Waals surface area contributed by atoms with Crippen LogP contribution in [0.3, 0.4) is 0 Å². The zero-order valence-electron chi connectivity index (χ0n) is 7.73. The van der Waals surface area contributed by atoms with Gasteiger partial charge in [0.2, 0.25) is 0 Å². The van der Waals surface area contributed by atoms with Crippen LogP contribution in [0.4, 0.5) is 0 Å². The normalized spacial score (nSPS) is 13.8. The maximum atomic E-state index is 11.0. The van der Waals surface area contributed by atoms with Gasteiger partial charge >= 0.3 is 5.97 Å². The molecule has 0 N–H and O–H groups in total. The van der Waals surface area contributed by atoms with E-state index in [1.54, 1.807) is 6.92 Å². The molecule has 0 saturated heterocycles. The van der Waals surface area contributed by atoms with Crippen LogP contribution in [-0.4, -0.2) is 21.2 Å². The van der Waals surface area contributed by atoms with Crippen molar-refractivity contribution in [2.45, 2.75) is 34.8 Å². The predicted octanol–water partition coefficient (Wildman–Crippen LogP) is 3.85. The number of ether oxygens (including phenoxy) is 1. The molecule has 6 heteroatoms. The average molecular weight is 326 g/mol. The Morgan fingerprint density at radius 1 is 1.50 bits per heavy atom. The first-order chi connectivity index (χ1) is 6.35. The summed E-state index contributed by atoms with van der Waals surface area (Å²) >= 11 is 20.1. The molecule has 0 radical (unpaired) electrons. The smallest absolute Gasteiger partial charge is 0.305 e. The summed E-state index contributed by atoms with van der Waals surface area (Å²) in [6, 6.07) is 0. The Kier molecular flexibility index (Phi) is 7.57. The van der Waals surface area contributed by atoms with Crippen molar-refractivity contribution >= 4 is 56.7 Å². The van der Waals surface area contributed by atoms with E-state index in [4.69, 9.17) is 39.5 Å². The fraction of sp³-hybridized carbons (Fsp3) is 0.875. The Morgan fingerprint density at radius 2 is 2.07 bits per heavy atom. The molecule has 0 amide bonds. The fourth-order valence-corrected chi connectivity index (χ4v) is 2.69. The first kappa shape index (κ1) is 14.8. The number of carbonyl (C=O) groups excluding carboxylic acids is 1. The average Bonchev–Trinajstić information content (AvgIpc) is 1.98. The van der Waals surface area contributed by atoms with Crippen LogP contribution >= 0.6 is 50.7 Å². The maximum absolute atomic E-state index is 11.0. The molecule has 0 aliphatic carbocycles. The molecule has 14 heavy (non-hydrogen) atoms. The van der Waals surface area contributed by atoms with Gasteiger partial charge in [-0.1, -0.05) is 50.7 Å². The molecule has 84 valence electrons. The first-order valence-corrected chi connectivity index (χ1v) is 6.26. The minimum atomic E-state index is -1.27. The van der Waals surface area contributed by atoms with E-state index in [-0.39, 0.29) is 10.8 Å². The highest BCUT2D eigenvalue weighted by atomic mass is 79.9. The number of hydrogen-bond donors (Lipinski definition) is 0. The van der Waals surface area contributed by atoms with Crippen LogP contribution in [0, 0.1) is 0 Å². The van der Waals surface area contributed by atoms with Gasteiger partial charge in [0.05, 0.1) is 6.61 Å². The fourth-order valence-electron chi connectivity index (χ4n) is 0.861. The molecular weight excluding hydrogens is 314 g/mol. The molecule has 0 fully saturated rings. The number of alkyl halides is 4. The summed E-state index contributed by atoms with van der Waals surface area (Å²) in [5.74, 6) is -0.221. The van der Waals surface area contributed by atoms with Crippen molar-refractivity contribution in [1.82, 2.24) is 0 Å². The lowest BCUT2D eigenvalue weighted by Crippen LogP contribution is -2.13. The SMILES string of the molecule is CCOC(=O)CCC(Br)CC(Cl)(Cl)Cl. The summed E-state index contributed by atoms with van der Waals surface area (Å²) in [6.45, 7) is 2.17. The van der Waals surface area contributed by atoms with Crippen LogP contribution in [0.15, 0.2) is 0 Å². The van der Waals surface area contributed by atoms with Crippen LogP contribution in [0.1, 0.15) is 26.2 Å². The largest absolute Gasteiger partial charge is 0.466 e. The van der Waals surface area contributed by atoms with Gasteiger partial charge in [-0.25, -0.2) is 0 Å². The van der Waals surface area contributed by atoms with Crippen LogP contribution in [0.5, 0.6) is 0 Å². The first-order valence-electron chi connectivity index (χ1n) is 4.21. The zero-order valence-corrected chi connectivity index (χ0v) is 11.6. The van der Waals surface area contributed by atoms with E-state index in [9.17, 15) is 4.79 Å². The molecule has 0 aromatic rings. The van der Waals surface area contributed by atoms with Crippen molar-refractivity contribution in [2.24, 2.45) is 0 Å². The van der Waals surface area contributed by atoms with E-state index < -0.39 is 3.79 Å². The molecule has 1 atom stereocenters. The summed E-state index contributed by atoms with van der Waals surface area (Å²) in [5, 5.41) is 0. The van der Waals surface area contributed by atoms with Gasteiger partial charge < -0.3 is 4.74 Å². The van der Waals surface area contributed by atoms with E-state index in [2.05, 4.69) is 15.9 Å². The molecule has 0 heterocycles. The molecule has 0 saturated carbocycles. The van der Waals surface area contributed by atoms with Gasteiger partial charge in [0, 0.05) is 17.7 Å². The van der Waals surface area contributed by atoms with Gasteiger partial charge in [-0.05, 0) is 13.3 Å². The number of rotatable bonds is 5. The molecule has 2 nitrogen and oxygen atoms in total. The van der Waals surface area contributed by atoms with Crippen LogP contribution < -0.4 is 0 Å². The number of hydrogen-bond acceptors (Lipinski definition) is 2. The maximum Gasteiger partial charge on any atom is 0.305 e. The van der Waals surface area contributed by atoms with Gasteiger partial charge in [-0.2, -0.15) is 0 Å². The highest BCUT2D eigenvalue weighted by molar-refractivity contribution is 9.09. The molecule has 0 aliphatic heterocycles. The van der Waals surface area contributed by atoms with Crippen molar-refractivity contribution in [1.29, 1.82) is 0 Å². The zero-order chi connectivity index (χ0) is 11.2. The molecule has 0 aromatic carbocycles. The van der Waals surface area contributed by atoms with E-state index in [0.29, 0.717) is 25.9 Å². The topological polar surface area (TPSA) is 26.3 Å². The quantitative estimate of drug-likeness (QED) is 0.566. The van der Waals surface area contributed by atoms with Crippen molar-refractivity contribution in [3.05, 3.63) is 0 Å². The van der Waals surface area contributed by atoms with E-state index in [1.807, 2.05) is 0 Å². The molecular formula is C8H12BrCl3O2. The molecule has 1 unspecified atom stereocenters.